The number of rotatable bonds is 3. The SMILES string of the molecule is C[C@@H]1[C@H](O)[C@@H](C)/C=C/C=C/C=C/C=C/C=C/C=C/C=C/[C@H](O[C@@H]2O[C@H](C)[C@@H](O)[C@H](N)[C@@H]2O)C[C@@H]2OC(O)(C[C@@H](O)C[C@@H](O)[C@H](O)CC[C@@H](O)C[C@@H](O)CC(=O)O[C@H]1C)C[C@H](O)[C@H]2C(=O)O. The summed E-state index contributed by atoms with van der Waals surface area (Å²) in [6.07, 6.45) is 3.46. The van der Waals surface area contributed by atoms with Crippen LogP contribution in [0.4, 0.5) is 0 Å². The molecule has 0 aromatic rings. The van der Waals surface area contributed by atoms with E-state index in [-0.39, 0.29) is 31.6 Å². The summed E-state index contributed by atoms with van der Waals surface area (Å²) in [4.78, 5) is 25.1. The van der Waals surface area contributed by atoms with Gasteiger partial charge in [0.2, 0.25) is 0 Å². The molecule has 0 aromatic heterocycles. The predicted octanol–water partition coefficient (Wildman–Crippen LogP) is 0.712. The number of carboxylic acids is 1. The molecule has 3 aliphatic rings. The highest BCUT2D eigenvalue weighted by Gasteiger charge is 2.51. The number of hydrogen-bond acceptors (Lipinski definition) is 17. The van der Waals surface area contributed by atoms with E-state index in [4.69, 9.17) is 24.7 Å². The summed E-state index contributed by atoms with van der Waals surface area (Å²) in [5.41, 5.74) is 6.02. The van der Waals surface area contributed by atoms with Crippen LogP contribution >= 0.6 is 0 Å². The van der Waals surface area contributed by atoms with Gasteiger partial charge in [-0.25, -0.2) is 0 Å². The molecule has 368 valence electrons. The number of aliphatic hydroxyl groups excluding tert-OH is 9. The fourth-order valence-corrected chi connectivity index (χ4v) is 7.97. The van der Waals surface area contributed by atoms with Gasteiger partial charge in [-0.1, -0.05) is 98.9 Å². The van der Waals surface area contributed by atoms with Gasteiger partial charge < -0.3 is 80.9 Å². The molecule has 1 unspecified atom stereocenters. The Bertz CT molecular complexity index is 1670. The van der Waals surface area contributed by atoms with E-state index in [1.165, 1.54) is 13.0 Å². The van der Waals surface area contributed by atoms with Crippen LogP contribution in [0.2, 0.25) is 0 Å². The summed E-state index contributed by atoms with van der Waals surface area (Å²) in [7, 11) is 0. The Labute approximate surface area is 381 Å². The smallest absolute Gasteiger partial charge is 0.311 e. The summed E-state index contributed by atoms with van der Waals surface area (Å²) in [6, 6.07) is -1.15. The number of aliphatic carboxylic acids is 1. The Kier molecular flexibility index (Phi) is 23.6. The quantitative estimate of drug-likeness (QED) is 0.174. The maximum absolute atomic E-state index is 12.6. The Morgan fingerprint density at radius 3 is 1.82 bits per heavy atom. The van der Waals surface area contributed by atoms with Crippen LogP contribution < -0.4 is 5.73 Å². The number of nitrogens with two attached hydrogens (primary N) is 1. The lowest BCUT2D eigenvalue weighted by Gasteiger charge is -2.45. The van der Waals surface area contributed by atoms with Crippen molar-refractivity contribution in [3.8, 4) is 0 Å². The molecule has 2 fully saturated rings. The second kappa shape index (κ2) is 27.4. The van der Waals surface area contributed by atoms with Crippen molar-refractivity contribution in [2.24, 2.45) is 23.5 Å². The lowest BCUT2D eigenvalue weighted by Crippen LogP contribution is -2.61. The van der Waals surface area contributed by atoms with Crippen molar-refractivity contribution >= 4 is 11.9 Å². The standard InChI is InChI=1S/C47H73NO17/c1-27-17-15-13-11-9-7-5-6-8-10-12-14-16-18-34(64-46-44(58)41(48)43(57)30(4)63-46)24-38-40(45(59)60)37(54)26-47(61,65-38)25-33(51)22-36(53)35(52)20-19-31(49)21-32(50)23-39(55)62-29(3)28(2)42(27)56/h5-18,27-38,40-44,46,49-54,56-58,61H,19-26,48H2,1-4H3,(H,59,60)/b6-5+,9-7+,10-8+,13-11+,14-12+,17-15+,18-16+/t27-,28-,29-,30+,31+,32+,33-,34-,35+,36+,37-,38-,40+,41-,42+,43+,44-,46-,47?/m0/s1. The minimum atomic E-state index is -2.33. The van der Waals surface area contributed by atoms with Crippen molar-refractivity contribution in [1.82, 2.24) is 0 Å². The van der Waals surface area contributed by atoms with Crippen LogP contribution in [0, 0.1) is 17.8 Å². The maximum Gasteiger partial charge on any atom is 0.311 e. The van der Waals surface area contributed by atoms with E-state index in [2.05, 4.69) is 0 Å². The predicted molar refractivity (Wildman–Crippen MR) is 237 cm³/mol. The number of fused-ring (bicyclic) bond motifs is 2. The van der Waals surface area contributed by atoms with E-state index < -0.39 is 147 Å². The Balaban J connectivity index is 1.86. The van der Waals surface area contributed by atoms with Gasteiger partial charge in [-0.05, 0) is 33.1 Å². The molecule has 18 heteroatoms. The second-order valence-electron chi connectivity index (χ2n) is 17.6. The molecule has 0 spiro atoms. The molecule has 0 aromatic carbocycles. The Morgan fingerprint density at radius 1 is 0.662 bits per heavy atom. The van der Waals surface area contributed by atoms with Crippen LogP contribution in [0.5, 0.6) is 0 Å². The molecule has 0 saturated carbocycles. The first-order valence-corrected chi connectivity index (χ1v) is 22.3. The number of carboxylic acid groups (broad SMARTS) is 1. The van der Waals surface area contributed by atoms with Gasteiger partial charge >= 0.3 is 11.9 Å². The minimum absolute atomic E-state index is 0.107. The van der Waals surface area contributed by atoms with Crippen LogP contribution in [0.3, 0.4) is 0 Å². The summed E-state index contributed by atoms with van der Waals surface area (Å²) < 4.78 is 23.1. The fraction of sp³-hybridized carbons (Fsp3) is 0.660. The average molecular weight is 924 g/mol. The first-order valence-electron chi connectivity index (χ1n) is 22.3. The van der Waals surface area contributed by atoms with Gasteiger partial charge in [0.15, 0.2) is 12.1 Å². The molecule has 18 nitrogen and oxygen atoms in total. The largest absolute Gasteiger partial charge is 0.481 e. The molecule has 13 N–H and O–H groups in total. The zero-order chi connectivity index (χ0) is 48.4. The van der Waals surface area contributed by atoms with Crippen LogP contribution in [0.25, 0.3) is 0 Å². The average Bonchev–Trinajstić information content (AvgIpc) is 3.21. The zero-order valence-corrected chi connectivity index (χ0v) is 37.6. The molecule has 3 rings (SSSR count). The highest BCUT2D eigenvalue weighted by atomic mass is 16.7. The van der Waals surface area contributed by atoms with Crippen LogP contribution in [0.1, 0.15) is 79.1 Å². The van der Waals surface area contributed by atoms with Gasteiger partial charge in [0.25, 0.3) is 0 Å². The molecule has 0 amide bonds. The number of esters is 1. The highest BCUT2D eigenvalue weighted by Crippen LogP contribution is 2.38. The van der Waals surface area contributed by atoms with Gasteiger partial charge in [0.05, 0.1) is 79.6 Å². The molecular weight excluding hydrogens is 851 g/mol. The third-order valence-corrected chi connectivity index (χ3v) is 12.0. The molecule has 2 bridgehead atoms. The van der Waals surface area contributed by atoms with Gasteiger partial charge in [0, 0.05) is 37.5 Å². The first kappa shape index (κ1) is 55.9. The fourth-order valence-electron chi connectivity index (χ4n) is 7.97. The third-order valence-electron chi connectivity index (χ3n) is 12.0. The third kappa shape index (κ3) is 18.6. The topological polar surface area (TPSA) is 320 Å². The molecular formula is C47H73NO17. The van der Waals surface area contributed by atoms with Crippen molar-refractivity contribution < 1.29 is 84.7 Å². The van der Waals surface area contributed by atoms with E-state index >= 15 is 0 Å². The minimum Gasteiger partial charge on any atom is -0.481 e. The van der Waals surface area contributed by atoms with Crippen molar-refractivity contribution in [3.63, 3.8) is 0 Å². The lowest BCUT2D eigenvalue weighted by atomic mass is 9.82. The van der Waals surface area contributed by atoms with E-state index in [0.29, 0.717) is 0 Å². The van der Waals surface area contributed by atoms with Crippen molar-refractivity contribution in [1.29, 1.82) is 0 Å². The van der Waals surface area contributed by atoms with Crippen LogP contribution in [0.15, 0.2) is 85.1 Å². The molecule has 0 aliphatic carbocycles. The van der Waals surface area contributed by atoms with Gasteiger partial charge in [0.1, 0.15) is 18.1 Å². The number of ether oxygens (including phenoxy) is 4. The molecule has 65 heavy (non-hydrogen) atoms. The van der Waals surface area contributed by atoms with Crippen LogP contribution in [-0.4, -0.2) is 166 Å². The van der Waals surface area contributed by atoms with E-state index in [1.54, 1.807) is 80.7 Å². The van der Waals surface area contributed by atoms with Crippen molar-refractivity contribution in [3.05, 3.63) is 85.1 Å². The summed E-state index contributed by atoms with van der Waals surface area (Å²) >= 11 is 0. The zero-order valence-electron chi connectivity index (χ0n) is 37.6. The number of allylic oxidation sites excluding steroid dienone is 12. The molecule has 3 aliphatic heterocycles. The first-order chi connectivity index (χ1) is 30.6. The molecule has 19 atom stereocenters. The molecule has 0 radical (unpaired) electrons. The molecule has 3 heterocycles. The van der Waals surface area contributed by atoms with E-state index in [0.717, 1.165) is 0 Å². The highest BCUT2D eigenvalue weighted by molar-refractivity contribution is 5.71. The van der Waals surface area contributed by atoms with Gasteiger partial charge in [-0.3, -0.25) is 9.59 Å². The van der Waals surface area contributed by atoms with Crippen molar-refractivity contribution in [2.75, 3.05) is 0 Å². The Morgan fingerprint density at radius 2 is 1.23 bits per heavy atom. The van der Waals surface area contributed by atoms with Gasteiger partial charge in [-0.2, -0.15) is 0 Å². The van der Waals surface area contributed by atoms with Crippen LogP contribution in [-0.2, 0) is 28.5 Å². The maximum atomic E-state index is 12.6. The van der Waals surface area contributed by atoms with E-state index in [9.17, 15) is 65.8 Å². The van der Waals surface area contributed by atoms with E-state index in [1.807, 2.05) is 19.1 Å². The summed E-state index contributed by atoms with van der Waals surface area (Å²) in [5.74, 6) is -6.83. The Hall–Kier alpha value is -3.44. The lowest BCUT2D eigenvalue weighted by molar-refractivity contribution is -0.308. The molecule has 2 saturated heterocycles. The van der Waals surface area contributed by atoms with Gasteiger partial charge in [-0.15, -0.1) is 0 Å². The summed E-state index contributed by atoms with van der Waals surface area (Å²) in [6.45, 7) is 6.74. The summed E-state index contributed by atoms with van der Waals surface area (Å²) in [5, 5.41) is 118. The monoisotopic (exact) mass is 923 g/mol. The number of aliphatic hydroxyl groups is 10. The number of carbonyl (C=O) groups excluding carboxylic acids is 1. The normalized spacial score (nSPS) is 45.5. The number of cyclic esters (lactones) is 1. The number of carbonyl (C=O) groups is 2. The number of hydrogen-bond donors (Lipinski definition) is 12. The van der Waals surface area contributed by atoms with Crippen molar-refractivity contribution in [2.45, 2.75) is 177 Å². The second-order valence-corrected chi connectivity index (χ2v) is 17.6.